The lowest BCUT2D eigenvalue weighted by molar-refractivity contribution is 0.993. The number of rotatable bonds is 2. The van der Waals surface area contributed by atoms with Crippen molar-refractivity contribution in [2.75, 3.05) is 0 Å². The van der Waals surface area contributed by atoms with Crippen LogP contribution < -0.4 is 0 Å². The number of halogens is 2. The van der Waals surface area contributed by atoms with Gasteiger partial charge in [0.2, 0.25) is 0 Å². The van der Waals surface area contributed by atoms with E-state index in [1.165, 1.54) is 60.2 Å². The molecule has 1 aromatic heterocycles. The van der Waals surface area contributed by atoms with Crippen LogP contribution >= 0.6 is 31.9 Å². The van der Waals surface area contributed by atoms with Crippen LogP contribution in [0.5, 0.6) is 0 Å². The first-order valence-corrected chi connectivity index (χ1v) is 13.5. The topological polar surface area (TPSA) is 4.93 Å². The minimum Gasteiger partial charge on any atom is -0.313 e. The first-order valence-electron chi connectivity index (χ1n) is 11.9. The largest absolute Gasteiger partial charge is 0.313 e. The fraction of sp³-hybridized carbons (Fsp3) is 0.0625. The number of hydrogen-bond acceptors (Lipinski definition) is 0. The lowest BCUT2D eigenvalue weighted by atomic mass is 9.89. The van der Waals surface area contributed by atoms with Gasteiger partial charge in [0, 0.05) is 25.4 Å². The zero-order valence-electron chi connectivity index (χ0n) is 18.9. The molecule has 0 radical (unpaired) electrons. The van der Waals surface area contributed by atoms with Gasteiger partial charge in [-0.15, -0.1) is 0 Å². The molecule has 1 heterocycles. The second kappa shape index (κ2) is 8.22. The smallest absolute Gasteiger partial charge is 0.0538 e. The number of fused-ring (bicyclic) bond motifs is 6. The Bertz CT molecular complexity index is 1810. The summed E-state index contributed by atoms with van der Waals surface area (Å²) in [5.74, 6) is 0. The summed E-state index contributed by atoms with van der Waals surface area (Å²) in [5, 5.41) is 7.83. The third kappa shape index (κ3) is 3.41. The fourth-order valence-corrected chi connectivity index (χ4v) is 6.36. The molecule has 1 nitrogen and oxygen atoms in total. The molecule has 0 amide bonds. The Morgan fingerprint density at radius 2 is 1.17 bits per heavy atom. The van der Waals surface area contributed by atoms with Crippen LogP contribution in [0.25, 0.3) is 54.6 Å². The second-order valence-electron chi connectivity index (χ2n) is 9.20. The predicted molar refractivity (Wildman–Crippen MR) is 158 cm³/mol. The van der Waals surface area contributed by atoms with E-state index in [2.05, 4.69) is 140 Å². The van der Waals surface area contributed by atoms with E-state index in [1.807, 2.05) is 0 Å². The number of hydrogen-bond donors (Lipinski definition) is 0. The Labute approximate surface area is 220 Å². The van der Waals surface area contributed by atoms with Gasteiger partial charge in [-0.2, -0.15) is 0 Å². The summed E-state index contributed by atoms with van der Waals surface area (Å²) >= 11 is 7.33. The van der Waals surface area contributed by atoms with Gasteiger partial charge >= 0.3 is 0 Å². The molecule has 3 heteroatoms. The molecular formula is C32H21Br2N. The highest BCUT2D eigenvalue weighted by atomic mass is 79.9. The van der Waals surface area contributed by atoms with Gasteiger partial charge in [0.15, 0.2) is 0 Å². The van der Waals surface area contributed by atoms with E-state index in [9.17, 15) is 0 Å². The average molecular weight is 579 g/mol. The highest BCUT2D eigenvalue weighted by Gasteiger charge is 2.18. The molecule has 7 rings (SSSR count). The first kappa shape index (κ1) is 21.2. The summed E-state index contributed by atoms with van der Waals surface area (Å²) in [6, 6.07) is 33.1. The van der Waals surface area contributed by atoms with E-state index in [1.54, 1.807) is 0 Å². The monoisotopic (exact) mass is 577 g/mol. The Morgan fingerprint density at radius 3 is 1.83 bits per heavy atom. The summed E-state index contributed by atoms with van der Waals surface area (Å²) in [6.45, 7) is 0. The van der Waals surface area contributed by atoms with E-state index >= 15 is 0 Å². The third-order valence-electron chi connectivity index (χ3n) is 7.22. The molecule has 0 saturated carbocycles. The van der Waals surface area contributed by atoms with Gasteiger partial charge in [-0.3, -0.25) is 0 Å². The molecule has 0 aliphatic heterocycles. The predicted octanol–water partition coefficient (Wildman–Crippen LogP) is 10.3. The SMILES string of the molecule is Brc1ccc2c(c1)c1cc(Br)ccc1n2C1=CC=C(c2cc3ccccc3c3ccccc23)CC1. The molecule has 0 saturated heterocycles. The Balaban J connectivity index is 1.42. The minimum atomic E-state index is 0.998. The van der Waals surface area contributed by atoms with Crippen LogP contribution in [0.15, 0.2) is 112 Å². The summed E-state index contributed by atoms with van der Waals surface area (Å²) in [5.41, 5.74) is 6.59. The Hall–Kier alpha value is -3.14. The van der Waals surface area contributed by atoms with Crippen molar-refractivity contribution in [2.24, 2.45) is 0 Å². The van der Waals surface area contributed by atoms with Crippen LogP contribution in [0, 0.1) is 0 Å². The molecule has 0 N–H and O–H groups in total. The molecule has 0 atom stereocenters. The molecule has 0 bridgehead atoms. The highest BCUT2D eigenvalue weighted by Crippen LogP contribution is 2.40. The quantitative estimate of drug-likeness (QED) is 0.180. The number of benzene rings is 5. The van der Waals surface area contributed by atoms with E-state index in [0.29, 0.717) is 0 Å². The van der Waals surface area contributed by atoms with Crippen LogP contribution in [-0.4, -0.2) is 4.57 Å². The van der Waals surface area contributed by atoms with E-state index in [-0.39, 0.29) is 0 Å². The molecule has 5 aromatic carbocycles. The molecule has 6 aromatic rings. The van der Waals surface area contributed by atoms with Crippen molar-refractivity contribution >= 4 is 86.5 Å². The van der Waals surface area contributed by atoms with Crippen LogP contribution in [0.3, 0.4) is 0 Å². The van der Waals surface area contributed by atoms with Crippen molar-refractivity contribution in [3.8, 4) is 0 Å². The van der Waals surface area contributed by atoms with E-state index in [0.717, 1.165) is 21.8 Å². The molecular weight excluding hydrogens is 558 g/mol. The lowest BCUT2D eigenvalue weighted by Crippen LogP contribution is -2.01. The van der Waals surface area contributed by atoms with E-state index < -0.39 is 0 Å². The van der Waals surface area contributed by atoms with Crippen molar-refractivity contribution in [1.29, 1.82) is 0 Å². The number of allylic oxidation sites excluding steroid dienone is 4. The van der Waals surface area contributed by atoms with Crippen LogP contribution in [-0.2, 0) is 0 Å². The normalized spacial score (nSPS) is 14.1. The lowest BCUT2D eigenvalue weighted by Gasteiger charge is -2.20. The van der Waals surface area contributed by atoms with Crippen LogP contribution in [0.1, 0.15) is 18.4 Å². The number of nitrogens with zero attached hydrogens (tertiary/aromatic N) is 1. The molecule has 0 unspecified atom stereocenters. The van der Waals surface area contributed by atoms with Crippen molar-refractivity contribution in [3.05, 3.63) is 118 Å². The molecule has 1 aliphatic rings. The fourth-order valence-electron chi connectivity index (χ4n) is 5.63. The zero-order chi connectivity index (χ0) is 23.5. The maximum Gasteiger partial charge on any atom is 0.0538 e. The molecule has 1 aliphatic carbocycles. The summed E-state index contributed by atoms with van der Waals surface area (Å²) < 4.78 is 4.65. The molecule has 35 heavy (non-hydrogen) atoms. The molecule has 0 fully saturated rings. The van der Waals surface area contributed by atoms with Crippen LogP contribution in [0.4, 0.5) is 0 Å². The Morgan fingerprint density at radius 1 is 0.543 bits per heavy atom. The van der Waals surface area contributed by atoms with Crippen molar-refractivity contribution in [3.63, 3.8) is 0 Å². The van der Waals surface area contributed by atoms with Gasteiger partial charge in [0.25, 0.3) is 0 Å². The van der Waals surface area contributed by atoms with Gasteiger partial charge in [-0.25, -0.2) is 0 Å². The first-order chi connectivity index (χ1) is 17.2. The Kier molecular flexibility index (Phi) is 4.97. The van der Waals surface area contributed by atoms with Gasteiger partial charge in [0.05, 0.1) is 11.0 Å². The number of aromatic nitrogens is 1. The van der Waals surface area contributed by atoms with Crippen LogP contribution in [0.2, 0.25) is 0 Å². The zero-order valence-corrected chi connectivity index (χ0v) is 22.1. The average Bonchev–Trinajstić information content (AvgIpc) is 3.21. The minimum absolute atomic E-state index is 0.998. The van der Waals surface area contributed by atoms with Crippen molar-refractivity contribution in [1.82, 2.24) is 4.57 Å². The summed E-state index contributed by atoms with van der Waals surface area (Å²) in [7, 11) is 0. The molecule has 168 valence electrons. The van der Waals surface area contributed by atoms with Gasteiger partial charge < -0.3 is 4.57 Å². The second-order valence-corrected chi connectivity index (χ2v) is 11.0. The summed E-state index contributed by atoms with van der Waals surface area (Å²) in [4.78, 5) is 0. The van der Waals surface area contributed by atoms with Gasteiger partial charge in [0.1, 0.15) is 0 Å². The maximum atomic E-state index is 3.67. The van der Waals surface area contributed by atoms with Crippen molar-refractivity contribution < 1.29 is 0 Å². The maximum absolute atomic E-state index is 3.67. The van der Waals surface area contributed by atoms with E-state index in [4.69, 9.17) is 0 Å². The third-order valence-corrected chi connectivity index (χ3v) is 8.20. The van der Waals surface area contributed by atoms with Gasteiger partial charge in [-0.1, -0.05) is 86.5 Å². The highest BCUT2D eigenvalue weighted by molar-refractivity contribution is 9.10. The summed E-state index contributed by atoms with van der Waals surface area (Å²) in [6.07, 6.45) is 6.68. The molecule has 0 spiro atoms. The standard InChI is InChI=1S/C32H21Br2N/c33-22-11-15-31-29(18-22)30-19-23(34)12-16-32(30)35(31)24-13-9-20(10-14-24)28-17-21-5-1-2-6-25(21)26-7-3-4-8-27(26)28/h1-9,11-13,15-19H,10,14H2. The van der Waals surface area contributed by atoms with Gasteiger partial charge in [-0.05, 0) is 94.1 Å². The van der Waals surface area contributed by atoms with Crippen molar-refractivity contribution in [2.45, 2.75) is 12.8 Å².